The lowest BCUT2D eigenvalue weighted by Gasteiger charge is -2.35. The van der Waals surface area contributed by atoms with E-state index in [1.165, 1.54) is 0 Å². The van der Waals surface area contributed by atoms with Gasteiger partial charge in [0.25, 0.3) is 0 Å². The summed E-state index contributed by atoms with van der Waals surface area (Å²) in [5.74, 6) is 0.539. The standard InChI is InChI=1S/C21H24O5/c1-11-8-7-9-13-14(11)16-15(18(23)24-13)21(6,20(4,5)25-16)10-12(22)17-19(2,3)26-17/h7-9,17H,10H2,1-6H3. The molecule has 3 heterocycles. The van der Waals surface area contributed by atoms with Crippen molar-refractivity contribution < 1.29 is 18.7 Å². The van der Waals surface area contributed by atoms with Gasteiger partial charge in [-0.25, -0.2) is 4.79 Å². The molecule has 138 valence electrons. The smallest absolute Gasteiger partial charge is 0.343 e. The molecule has 1 aromatic heterocycles. The van der Waals surface area contributed by atoms with Gasteiger partial charge in [-0.1, -0.05) is 19.1 Å². The first-order valence-electron chi connectivity index (χ1n) is 8.94. The SMILES string of the molecule is Cc1cccc2oc(=O)c3c(c12)OC(C)(C)C3(C)CC(=O)C1OC1(C)C. The minimum Gasteiger partial charge on any atom is -0.486 e. The van der Waals surface area contributed by atoms with E-state index in [4.69, 9.17) is 13.9 Å². The Bertz CT molecular complexity index is 997. The molecule has 0 saturated carbocycles. The van der Waals surface area contributed by atoms with Crippen LogP contribution in [-0.2, 0) is 14.9 Å². The number of ketones is 1. The summed E-state index contributed by atoms with van der Waals surface area (Å²) in [5.41, 5.74) is -0.448. The molecule has 0 amide bonds. The maximum Gasteiger partial charge on any atom is 0.343 e. The number of epoxide rings is 1. The van der Waals surface area contributed by atoms with Crippen molar-refractivity contribution in [2.45, 2.75) is 70.7 Å². The van der Waals surface area contributed by atoms with Crippen molar-refractivity contribution in [1.29, 1.82) is 0 Å². The monoisotopic (exact) mass is 356 g/mol. The molecule has 2 unspecified atom stereocenters. The zero-order valence-electron chi connectivity index (χ0n) is 16.1. The van der Waals surface area contributed by atoms with E-state index in [0.29, 0.717) is 16.9 Å². The molecule has 5 nitrogen and oxygen atoms in total. The third-order valence-electron chi connectivity index (χ3n) is 6.15. The number of hydrogen-bond acceptors (Lipinski definition) is 5. The molecule has 2 atom stereocenters. The molecular formula is C21H24O5. The molecule has 1 saturated heterocycles. The molecule has 1 fully saturated rings. The Morgan fingerprint density at radius 2 is 1.81 bits per heavy atom. The van der Waals surface area contributed by atoms with E-state index in [1.807, 2.05) is 53.7 Å². The number of fused-ring (bicyclic) bond motifs is 3. The fraction of sp³-hybridized carbons (Fsp3) is 0.524. The largest absolute Gasteiger partial charge is 0.486 e. The maximum absolute atomic E-state index is 12.8. The lowest BCUT2D eigenvalue weighted by Crippen LogP contribution is -2.48. The molecule has 1 aromatic carbocycles. The van der Waals surface area contributed by atoms with Gasteiger partial charge in [-0.05, 0) is 46.2 Å². The van der Waals surface area contributed by atoms with Gasteiger partial charge in [0.15, 0.2) is 5.78 Å². The number of hydrogen-bond donors (Lipinski definition) is 0. The van der Waals surface area contributed by atoms with Crippen LogP contribution in [0, 0.1) is 6.92 Å². The van der Waals surface area contributed by atoms with Gasteiger partial charge in [0, 0.05) is 11.8 Å². The van der Waals surface area contributed by atoms with Gasteiger partial charge >= 0.3 is 5.63 Å². The molecule has 0 spiro atoms. The summed E-state index contributed by atoms with van der Waals surface area (Å²) in [6.45, 7) is 11.5. The van der Waals surface area contributed by atoms with Crippen LogP contribution in [0.3, 0.4) is 0 Å². The van der Waals surface area contributed by atoms with Gasteiger partial charge in [-0.15, -0.1) is 0 Å². The highest BCUT2D eigenvalue weighted by Crippen LogP contribution is 2.53. The van der Waals surface area contributed by atoms with E-state index in [2.05, 4.69) is 0 Å². The number of ether oxygens (including phenoxy) is 2. The predicted molar refractivity (Wildman–Crippen MR) is 97.9 cm³/mol. The molecule has 0 bridgehead atoms. The van der Waals surface area contributed by atoms with Crippen LogP contribution in [0.15, 0.2) is 27.4 Å². The van der Waals surface area contributed by atoms with Crippen LogP contribution < -0.4 is 10.4 Å². The average molecular weight is 356 g/mol. The van der Waals surface area contributed by atoms with E-state index in [-0.39, 0.29) is 12.2 Å². The number of aryl methyl sites for hydroxylation is 1. The molecule has 2 aromatic rings. The molecule has 0 radical (unpaired) electrons. The van der Waals surface area contributed by atoms with Crippen LogP contribution in [-0.4, -0.2) is 23.1 Å². The molecule has 26 heavy (non-hydrogen) atoms. The van der Waals surface area contributed by atoms with Crippen molar-refractivity contribution in [2.24, 2.45) is 0 Å². The quantitative estimate of drug-likeness (QED) is 0.620. The second kappa shape index (κ2) is 4.97. The van der Waals surface area contributed by atoms with Gasteiger partial charge < -0.3 is 13.9 Å². The van der Waals surface area contributed by atoms with Crippen molar-refractivity contribution in [2.75, 3.05) is 0 Å². The fourth-order valence-corrected chi connectivity index (χ4v) is 4.10. The highest BCUT2D eigenvalue weighted by Gasteiger charge is 2.59. The Kier molecular flexibility index (Phi) is 3.31. The molecule has 5 heteroatoms. The topological polar surface area (TPSA) is 69.0 Å². The van der Waals surface area contributed by atoms with Crippen molar-refractivity contribution in [1.82, 2.24) is 0 Å². The van der Waals surface area contributed by atoms with Crippen LogP contribution in [0.5, 0.6) is 5.75 Å². The fourth-order valence-electron chi connectivity index (χ4n) is 4.10. The number of carbonyl (C=O) groups is 1. The Labute approximate surface area is 152 Å². The molecule has 0 N–H and O–H groups in total. The number of carbonyl (C=O) groups excluding carboxylic acids is 1. The first kappa shape index (κ1) is 17.3. The Morgan fingerprint density at radius 3 is 2.42 bits per heavy atom. The van der Waals surface area contributed by atoms with Gasteiger partial charge in [-0.2, -0.15) is 0 Å². The van der Waals surface area contributed by atoms with Crippen LogP contribution in [0.25, 0.3) is 11.0 Å². The maximum atomic E-state index is 12.8. The lowest BCUT2D eigenvalue weighted by atomic mass is 9.68. The summed E-state index contributed by atoms with van der Waals surface area (Å²) < 4.78 is 17.4. The summed E-state index contributed by atoms with van der Waals surface area (Å²) in [6, 6.07) is 5.57. The first-order valence-corrected chi connectivity index (χ1v) is 8.94. The molecule has 0 aliphatic carbocycles. The third-order valence-corrected chi connectivity index (χ3v) is 6.15. The molecule has 2 aliphatic rings. The number of benzene rings is 1. The first-order chi connectivity index (χ1) is 12.0. The van der Waals surface area contributed by atoms with Crippen molar-refractivity contribution in [3.63, 3.8) is 0 Å². The van der Waals surface area contributed by atoms with Crippen LogP contribution in [0.2, 0.25) is 0 Å². The van der Waals surface area contributed by atoms with Crippen LogP contribution >= 0.6 is 0 Å². The van der Waals surface area contributed by atoms with E-state index < -0.39 is 28.3 Å². The Balaban J connectivity index is 1.89. The zero-order chi connectivity index (χ0) is 19.1. The predicted octanol–water partition coefficient (Wildman–Crippen LogP) is 3.67. The Hall–Kier alpha value is -2.14. The van der Waals surface area contributed by atoms with Crippen molar-refractivity contribution in [3.8, 4) is 5.75 Å². The molecular weight excluding hydrogens is 332 g/mol. The second-order valence-electron chi connectivity index (χ2n) is 8.73. The van der Waals surface area contributed by atoms with E-state index in [1.54, 1.807) is 6.07 Å². The average Bonchev–Trinajstić information content (AvgIpc) is 3.08. The highest BCUT2D eigenvalue weighted by molar-refractivity contribution is 5.91. The summed E-state index contributed by atoms with van der Waals surface area (Å²) in [4.78, 5) is 25.7. The van der Waals surface area contributed by atoms with Gasteiger partial charge in [-0.3, -0.25) is 4.79 Å². The normalized spacial score (nSPS) is 27.8. The van der Waals surface area contributed by atoms with Gasteiger partial charge in [0.05, 0.1) is 16.6 Å². The molecule has 2 aliphatic heterocycles. The lowest BCUT2D eigenvalue weighted by molar-refractivity contribution is -0.122. The number of Topliss-reactive ketones (excluding diaryl/α,β-unsaturated/α-hetero) is 1. The van der Waals surface area contributed by atoms with Crippen molar-refractivity contribution in [3.05, 3.63) is 39.7 Å². The van der Waals surface area contributed by atoms with Crippen molar-refractivity contribution >= 4 is 16.8 Å². The van der Waals surface area contributed by atoms with E-state index in [9.17, 15) is 9.59 Å². The zero-order valence-corrected chi connectivity index (χ0v) is 16.1. The Morgan fingerprint density at radius 1 is 1.15 bits per heavy atom. The number of rotatable bonds is 3. The van der Waals surface area contributed by atoms with Crippen LogP contribution in [0.1, 0.15) is 52.2 Å². The second-order valence-corrected chi connectivity index (χ2v) is 8.73. The summed E-state index contributed by atoms with van der Waals surface area (Å²) in [5, 5.41) is 0.800. The summed E-state index contributed by atoms with van der Waals surface area (Å²) in [6.07, 6.45) is -0.253. The summed E-state index contributed by atoms with van der Waals surface area (Å²) in [7, 11) is 0. The minimum atomic E-state index is -0.793. The van der Waals surface area contributed by atoms with Gasteiger partial charge in [0.1, 0.15) is 23.0 Å². The third kappa shape index (κ3) is 2.19. The highest BCUT2D eigenvalue weighted by atomic mass is 16.6. The summed E-state index contributed by atoms with van der Waals surface area (Å²) >= 11 is 0. The van der Waals surface area contributed by atoms with E-state index >= 15 is 0 Å². The molecule has 4 rings (SSSR count). The van der Waals surface area contributed by atoms with Gasteiger partial charge in [0.2, 0.25) is 0 Å². The van der Waals surface area contributed by atoms with Crippen LogP contribution in [0.4, 0.5) is 0 Å². The van der Waals surface area contributed by atoms with E-state index in [0.717, 1.165) is 10.9 Å². The minimum absolute atomic E-state index is 0.00805.